The van der Waals surface area contributed by atoms with Crippen molar-refractivity contribution in [1.82, 2.24) is 14.5 Å². The maximum Gasteiger partial charge on any atom is 0.341 e. The largest absolute Gasteiger partial charge is 0.490 e. The molecule has 37 heavy (non-hydrogen) atoms. The number of nitrogens with one attached hydrogen (secondary N) is 1. The molecule has 2 heterocycles. The van der Waals surface area contributed by atoms with Crippen LogP contribution in [-0.2, 0) is 11.3 Å². The fraction of sp³-hybridized carbons (Fsp3) is 0.200. The number of aliphatic carboxylic acids is 1. The van der Waals surface area contributed by atoms with E-state index in [2.05, 4.69) is 15.3 Å². The van der Waals surface area contributed by atoms with Gasteiger partial charge in [0.15, 0.2) is 29.7 Å². The number of carboxylic acids is 1. The second-order valence-electron chi connectivity index (χ2n) is 7.70. The molecular formula is C25H20ClF2N5O4. The van der Waals surface area contributed by atoms with Gasteiger partial charge in [-0.15, -0.1) is 0 Å². The van der Waals surface area contributed by atoms with Crippen LogP contribution in [0.4, 0.5) is 14.6 Å². The van der Waals surface area contributed by atoms with Crippen molar-refractivity contribution in [3.8, 4) is 28.8 Å². The summed E-state index contributed by atoms with van der Waals surface area (Å²) < 4.78 is 40.7. The first-order valence-electron chi connectivity index (χ1n) is 11.1. The van der Waals surface area contributed by atoms with Crippen molar-refractivity contribution >= 4 is 34.3 Å². The molecule has 0 saturated heterocycles. The van der Waals surface area contributed by atoms with Crippen LogP contribution in [0.1, 0.15) is 12.6 Å². The molecule has 0 unspecified atom stereocenters. The van der Waals surface area contributed by atoms with Crippen molar-refractivity contribution in [2.75, 3.05) is 25.1 Å². The third kappa shape index (κ3) is 5.54. The maximum atomic E-state index is 14.5. The van der Waals surface area contributed by atoms with E-state index in [0.717, 1.165) is 6.07 Å². The molecule has 12 heteroatoms. The van der Waals surface area contributed by atoms with E-state index in [9.17, 15) is 18.8 Å². The minimum atomic E-state index is -1.11. The predicted octanol–water partition coefficient (Wildman–Crippen LogP) is 4.88. The molecule has 0 aliphatic rings. The maximum absolute atomic E-state index is 14.5. The number of aromatic nitrogens is 3. The Morgan fingerprint density at radius 3 is 2.73 bits per heavy atom. The molecule has 9 nitrogen and oxygen atoms in total. The number of ether oxygens (including phenoxy) is 2. The first-order valence-corrected chi connectivity index (χ1v) is 11.4. The Hall–Kier alpha value is -4.43. The number of carboxylic acid groups (broad SMARTS) is 1. The standard InChI is InChI=1S/C25H20ClF2N5O4/c1-2-36-21-7-14(3-4-20(21)37-12-23(34)35)19-10-22(32-13-31-19)30-5-6-33-15(11-29)8-16-17(26)9-18(27)24(28)25(16)33/h3-4,7-10,13H,2,5-6,12H2,1H3,(H,34,35)(H,30,31,32). The van der Waals surface area contributed by atoms with E-state index < -0.39 is 24.2 Å². The lowest BCUT2D eigenvalue weighted by atomic mass is 10.1. The van der Waals surface area contributed by atoms with Gasteiger partial charge in [0.25, 0.3) is 0 Å². The van der Waals surface area contributed by atoms with Crippen molar-refractivity contribution in [2.24, 2.45) is 0 Å². The Morgan fingerprint density at radius 1 is 1.19 bits per heavy atom. The number of fused-ring (bicyclic) bond motifs is 1. The van der Waals surface area contributed by atoms with Crippen molar-refractivity contribution in [3.05, 3.63) is 65.1 Å². The van der Waals surface area contributed by atoms with Crippen LogP contribution >= 0.6 is 11.6 Å². The van der Waals surface area contributed by atoms with E-state index in [4.69, 9.17) is 26.2 Å². The number of benzene rings is 2. The lowest BCUT2D eigenvalue weighted by molar-refractivity contribution is -0.139. The molecule has 2 aromatic heterocycles. The second kappa shape index (κ2) is 11.1. The summed E-state index contributed by atoms with van der Waals surface area (Å²) in [6.45, 7) is 1.99. The van der Waals surface area contributed by atoms with Crippen molar-refractivity contribution in [1.29, 1.82) is 5.26 Å². The Labute approximate surface area is 214 Å². The van der Waals surface area contributed by atoms with Gasteiger partial charge in [-0.2, -0.15) is 5.26 Å². The molecule has 0 fully saturated rings. The number of nitrogens with zero attached hydrogens (tertiary/aromatic N) is 4. The molecule has 0 saturated carbocycles. The van der Waals surface area contributed by atoms with Gasteiger partial charge in [0.2, 0.25) is 0 Å². The highest BCUT2D eigenvalue weighted by molar-refractivity contribution is 6.35. The zero-order chi connectivity index (χ0) is 26.5. The summed E-state index contributed by atoms with van der Waals surface area (Å²) >= 11 is 6.05. The van der Waals surface area contributed by atoms with Gasteiger partial charge in [-0.3, -0.25) is 0 Å². The third-order valence-corrected chi connectivity index (χ3v) is 5.65. The van der Waals surface area contributed by atoms with Crippen molar-refractivity contribution in [3.63, 3.8) is 0 Å². The van der Waals surface area contributed by atoms with Crippen molar-refractivity contribution in [2.45, 2.75) is 13.5 Å². The van der Waals surface area contributed by atoms with Crippen LogP contribution in [0.3, 0.4) is 0 Å². The lowest BCUT2D eigenvalue weighted by Gasteiger charge is -2.13. The van der Waals surface area contributed by atoms with Gasteiger partial charge in [0.1, 0.15) is 23.9 Å². The first kappa shape index (κ1) is 25.7. The normalized spacial score (nSPS) is 10.8. The highest BCUT2D eigenvalue weighted by Gasteiger charge is 2.19. The molecule has 0 atom stereocenters. The highest BCUT2D eigenvalue weighted by Crippen LogP contribution is 2.33. The zero-order valence-corrected chi connectivity index (χ0v) is 20.2. The van der Waals surface area contributed by atoms with Gasteiger partial charge in [-0.25, -0.2) is 23.5 Å². The molecule has 2 N–H and O–H groups in total. The average Bonchev–Trinajstić information content (AvgIpc) is 3.26. The van der Waals surface area contributed by atoms with Gasteiger partial charge in [-0.1, -0.05) is 11.6 Å². The number of halogens is 3. The van der Waals surface area contributed by atoms with Crippen LogP contribution in [0.25, 0.3) is 22.2 Å². The van der Waals surface area contributed by atoms with Crippen LogP contribution in [0.2, 0.25) is 5.02 Å². The third-order valence-electron chi connectivity index (χ3n) is 5.34. The summed E-state index contributed by atoms with van der Waals surface area (Å²) in [6.07, 6.45) is 1.35. The summed E-state index contributed by atoms with van der Waals surface area (Å²) in [4.78, 5) is 19.3. The Morgan fingerprint density at radius 2 is 2.00 bits per heavy atom. The highest BCUT2D eigenvalue weighted by atomic mass is 35.5. The monoisotopic (exact) mass is 527 g/mol. The fourth-order valence-corrected chi connectivity index (χ4v) is 4.00. The van der Waals surface area contributed by atoms with Gasteiger partial charge in [0.05, 0.1) is 22.8 Å². The van der Waals surface area contributed by atoms with Crippen LogP contribution < -0.4 is 14.8 Å². The Bertz CT molecular complexity index is 1520. The molecule has 0 bridgehead atoms. The number of rotatable bonds is 10. The minimum absolute atomic E-state index is 0.0170. The Balaban J connectivity index is 1.53. The molecule has 0 radical (unpaired) electrons. The Kier molecular flexibility index (Phi) is 7.69. The first-order chi connectivity index (χ1) is 17.8. The molecule has 2 aromatic carbocycles. The number of nitriles is 1. The van der Waals surface area contributed by atoms with E-state index in [1.807, 2.05) is 6.07 Å². The average molecular weight is 528 g/mol. The number of hydrogen-bond acceptors (Lipinski definition) is 7. The minimum Gasteiger partial charge on any atom is -0.490 e. The van der Waals surface area contributed by atoms with E-state index in [0.29, 0.717) is 29.4 Å². The quantitative estimate of drug-likeness (QED) is 0.280. The number of hydrogen-bond donors (Lipinski definition) is 2. The molecule has 0 spiro atoms. The topological polar surface area (TPSA) is 122 Å². The van der Waals surface area contributed by atoms with Crippen LogP contribution in [0.5, 0.6) is 11.5 Å². The zero-order valence-electron chi connectivity index (χ0n) is 19.5. The summed E-state index contributed by atoms with van der Waals surface area (Å²) in [6, 6.07) is 10.9. The van der Waals surface area contributed by atoms with Crippen LogP contribution in [-0.4, -0.2) is 45.4 Å². The summed E-state index contributed by atoms with van der Waals surface area (Å²) in [5, 5.41) is 21.7. The SMILES string of the molecule is CCOc1cc(-c2cc(NCCn3c(C#N)cc4c(Cl)cc(F)c(F)c43)ncn2)ccc1OCC(=O)O. The molecule has 0 aliphatic carbocycles. The molecule has 190 valence electrons. The van der Waals surface area contributed by atoms with E-state index >= 15 is 0 Å². The molecular weight excluding hydrogens is 508 g/mol. The predicted molar refractivity (Wildman–Crippen MR) is 132 cm³/mol. The van der Waals surface area contributed by atoms with Gasteiger partial charge >= 0.3 is 5.97 Å². The fourth-order valence-electron chi connectivity index (χ4n) is 3.76. The van der Waals surface area contributed by atoms with Gasteiger partial charge in [-0.05, 0) is 37.3 Å². The molecule has 4 aromatic rings. The smallest absolute Gasteiger partial charge is 0.341 e. The van der Waals surface area contributed by atoms with E-state index in [1.54, 1.807) is 31.2 Å². The molecule has 4 rings (SSSR count). The van der Waals surface area contributed by atoms with E-state index in [1.165, 1.54) is 17.0 Å². The summed E-state index contributed by atoms with van der Waals surface area (Å²) in [7, 11) is 0. The van der Waals surface area contributed by atoms with Crippen LogP contribution in [0.15, 0.2) is 42.7 Å². The number of carbonyl (C=O) groups is 1. The van der Waals surface area contributed by atoms with Crippen molar-refractivity contribution < 1.29 is 28.2 Å². The molecule has 0 aliphatic heterocycles. The van der Waals surface area contributed by atoms with Crippen LogP contribution in [0, 0.1) is 23.0 Å². The molecule has 0 amide bonds. The lowest BCUT2D eigenvalue weighted by Crippen LogP contribution is -2.13. The second-order valence-corrected chi connectivity index (χ2v) is 8.11. The van der Waals surface area contributed by atoms with Gasteiger partial charge < -0.3 is 24.5 Å². The summed E-state index contributed by atoms with van der Waals surface area (Å²) in [5.74, 6) is -2.17. The van der Waals surface area contributed by atoms with Gasteiger partial charge in [0, 0.05) is 30.1 Å². The van der Waals surface area contributed by atoms with E-state index in [-0.39, 0.29) is 40.5 Å². The summed E-state index contributed by atoms with van der Waals surface area (Å²) in [5.41, 5.74) is 1.28. The number of anilines is 1.